The molecule has 46 heavy (non-hydrogen) atoms. The minimum absolute atomic E-state index is 0.547. The second kappa shape index (κ2) is 11.1. The normalized spacial score (nSPS) is 11.0. The summed E-state index contributed by atoms with van der Waals surface area (Å²) in [6, 6.07) is 47.0. The van der Waals surface area contributed by atoms with Gasteiger partial charge in [-0.25, -0.2) is 0 Å². The number of nitriles is 2. The molecule has 0 spiro atoms. The van der Waals surface area contributed by atoms with E-state index in [1.54, 1.807) is 24.8 Å². The number of hydrogen-bond acceptors (Lipinski definition) is 4. The van der Waals surface area contributed by atoms with Crippen molar-refractivity contribution < 1.29 is 0 Å². The summed E-state index contributed by atoms with van der Waals surface area (Å²) in [4.78, 5) is 8.51. The van der Waals surface area contributed by atoms with Crippen LogP contribution in [0, 0.1) is 22.7 Å². The Balaban J connectivity index is 1.25. The van der Waals surface area contributed by atoms with Crippen LogP contribution >= 0.6 is 0 Å². The highest BCUT2D eigenvalue weighted by atomic mass is 14.6. The summed E-state index contributed by atoms with van der Waals surface area (Å²) in [5.74, 6) is 0. The first-order chi connectivity index (χ1) is 22.7. The third-order valence-electron chi connectivity index (χ3n) is 8.63. The van der Waals surface area contributed by atoms with Crippen LogP contribution in [0.5, 0.6) is 0 Å². The van der Waals surface area contributed by atoms with Crippen molar-refractivity contribution >= 4 is 32.3 Å². The van der Waals surface area contributed by atoms with Crippen LogP contribution in [0.25, 0.3) is 76.8 Å². The zero-order valence-corrected chi connectivity index (χ0v) is 24.6. The van der Waals surface area contributed by atoms with Gasteiger partial charge in [0.05, 0.1) is 11.1 Å². The Morgan fingerprint density at radius 2 is 0.717 bits per heavy atom. The quantitative estimate of drug-likeness (QED) is 0.193. The Hall–Kier alpha value is -6.62. The lowest BCUT2D eigenvalue weighted by molar-refractivity contribution is 1.30. The minimum atomic E-state index is 0.547. The molecule has 0 atom stereocenters. The third-order valence-corrected chi connectivity index (χ3v) is 8.63. The highest BCUT2D eigenvalue weighted by Gasteiger charge is 2.12. The van der Waals surface area contributed by atoms with E-state index >= 15 is 0 Å². The number of hydrogen-bond donors (Lipinski definition) is 0. The van der Waals surface area contributed by atoms with Crippen LogP contribution in [-0.2, 0) is 0 Å². The maximum atomic E-state index is 9.35. The van der Waals surface area contributed by atoms with Crippen molar-refractivity contribution in [2.75, 3.05) is 0 Å². The lowest BCUT2D eigenvalue weighted by Crippen LogP contribution is -1.88. The summed E-state index contributed by atoms with van der Waals surface area (Å²) in [5, 5.41) is 25.9. The van der Waals surface area contributed by atoms with Crippen LogP contribution in [0.4, 0.5) is 0 Å². The minimum Gasteiger partial charge on any atom is -0.263 e. The van der Waals surface area contributed by atoms with E-state index in [-0.39, 0.29) is 0 Å². The van der Waals surface area contributed by atoms with Crippen LogP contribution in [0.3, 0.4) is 0 Å². The predicted molar refractivity (Wildman–Crippen MR) is 186 cm³/mol. The summed E-state index contributed by atoms with van der Waals surface area (Å²) in [6.45, 7) is 0. The van der Waals surface area contributed by atoms with Gasteiger partial charge in [-0.2, -0.15) is 10.5 Å². The van der Waals surface area contributed by atoms with Gasteiger partial charge in [0.25, 0.3) is 0 Å². The fourth-order valence-corrected chi connectivity index (χ4v) is 6.39. The van der Waals surface area contributed by atoms with Crippen molar-refractivity contribution in [2.24, 2.45) is 0 Å². The molecule has 8 rings (SSSR count). The highest BCUT2D eigenvalue weighted by Crippen LogP contribution is 2.39. The number of nitrogens with zero attached hydrogens (tertiary/aromatic N) is 4. The lowest BCUT2D eigenvalue weighted by atomic mass is 9.90. The Morgan fingerprint density at radius 1 is 0.326 bits per heavy atom. The molecule has 4 nitrogen and oxygen atoms in total. The van der Waals surface area contributed by atoms with E-state index in [2.05, 4.69) is 131 Å². The lowest BCUT2D eigenvalue weighted by Gasteiger charge is -2.14. The standard InChI is InChI=1S/C42H24N4/c43-21-27-15-35(25-45-23-27)31-7-3-5-29(17-31)33-11-13-39-40-14-12-34(20-42(40)38-10-2-1-9-37(38)41(39)19-33)30-6-4-8-32(18-30)36-16-28(22-44)24-46-26-36/h1-20,23-26H. The number of fused-ring (bicyclic) bond motifs is 6. The summed E-state index contributed by atoms with van der Waals surface area (Å²) in [7, 11) is 0. The van der Waals surface area contributed by atoms with Gasteiger partial charge in [0.1, 0.15) is 12.1 Å². The summed E-state index contributed by atoms with van der Waals surface area (Å²) in [6.07, 6.45) is 6.77. The molecule has 8 aromatic rings. The molecule has 0 saturated carbocycles. The zero-order valence-electron chi connectivity index (χ0n) is 24.6. The van der Waals surface area contributed by atoms with Crippen molar-refractivity contribution in [1.82, 2.24) is 9.97 Å². The van der Waals surface area contributed by atoms with Gasteiger partial charge < -0.3 is 0 Å². The molecule has 0 aliphatic carbocycles. The van der Waals surface area contributed by atoms with Gasteiger partial charge in [0.2, 0.25) is 0 Å². The fraction of sp³-hybridized carbons (Fsp3) is 0. The molecule has 0 N–H and O–H groups in total. The predicted octanol–water partition coefficient (Wildman–Crippen LogP) is 10.3. The SMILES string of the molecule is N#Cc1cncc(-c2cccc(-c3ccc4c5ccc(-c6cccc(-c7cncc(C#N)c7)c6)cc5c5ccccc5c4c3)c2)c1. The third kappa shape index (κ3) is 4.72. The number of benzene rings is 6. The van der Waals surface area contributed by atoms with E-state index in [1.165, 1.54) is 32.3 Å². The van der Waals surface area contributed by atoms with Crippen LogP contribution in [-0.4, -0.2) is 9.97 Å². The van der Waals surface area contributed by atoms with Crippen molar-refractivity contribution in [1.29, 1.82) is 10.5 Å². The van der Waals surface area contributed by atoms with Gasteiger partial charge in [-0.1, -0.05) is 84.9 Å². The van der Waals surface area contributed by atoms with Gasteiger partial charge in [0.15, 0.2) is 0 Å². The number of aromatic nitrogens is 2. The Bertz CT molecular complexity index is 2370. The maximum Gasteiger partial charge on any atom is 0.101 e. The average Bonchev–Trinajstić information content (AvgIpc) is 3.14. The molecule has 0 amide bonds. The summed E-state index contributed by atoms with van der Waals surface area (Å²) in [5.41, 5.74) is 9.47. The summed E-state index contributed by atoms with van der Waals surface area (Å²) >= 11 is 0. The van der Waals surface area contributed by atoms with E-state index in [0.717, 1.165) is 44.5 Å². The number of rotatable bonds is 4. The van der Waals surface area contributed by atoms with Crippen molar-refractivity contribution in [2.45, 2.75) is 0 Å². The molecule has 0 bridgehead atoms. The van der Waals surface area contributed by atoms with E-state index in [9.17, 15) is 10.5 Å². The van der Waals surface area contributed by atoms with E-state index in [0.29, 0.717) is 11.1 Å². The van der Waals surface area contributed by atoms with Crippen LogP contribution in [0.2, 0.25) is 0 Å². The van der Waals surface area contributed by atoms with Gasteiger partial charge in [-0.3, -0.25) is 9.97 Å². The van der Waals surface area contributed by atoms with Crippen molar-refractivity contribution in [3.8, 4) is 56.6 Å². The Morgan fingerprint density at radius 3 is 1.15 bits per heavy atom. The highest BCUT2D eigenvalue weighted by molar-refractivity contribution is 6.26. The van der Waals surface area contributed by atoms with Gasteiger partial charge in [-0.15, -0.1) is 0 Å². The second-order valence-corrected chi connectivity index (χ2v) is 11.4. The smallest absolute Gasteiger partial charge is 0.101 e. The zero-order chi connectivity index (χ0) is 31.0. The molecule has 2 aromatic heterocycles. The molecule has 2 heterocycles. The first-order valence-corrected chi connectivity index (χ1v) is 15.0. The first kappa shape index (κ1) is 27.0. The van der Waals surface area contributed by atoms with Crippen LogP contribution < -0.4 is 0 Å². The monoisotopic (exact) mass is 584 g/mol. The molecule has 212 valence electrons. The molecule has 6 aromatic carbocycles. The average molecular weight is 585 g/mol. The molecule has 0 aliphatic rings. The topological polar surface area (TPSA) is 73.4 Å². The number of pyridine rings is 2. The molecule has 4 heteroatoms. The molecule has 0 aliphatic heterocycles. The van der Waals surface area contributed by atoms with E-state index < -0.39 is 0 Å². The van der Waals surface area contributed by atoms with Gasteiger partial charge in [0, 0.05) is 35.9 Å². The molecule has 0 unspecified atom stereocenters. The first-order valence-electron chi connectivity index (χ1n) is 15.0. The van der Waals surface area contributed by atoms with Gasteiger partial charge >= 0.3 is 0 Å². The molecule has 0 fully saturated rings. The molecular weight excluding hydrogens is 560 g/mol. The van der Waals surface area contributed by atoms with Gasteiger partial charge in [-0.05, 0) is 102 Å². The van der Waals surface area contributed by atoms with E-state index in [4.69, 9.17) is 0 Å². The Kier molecular flexibility index (Phi) is 6.53. The van der Waals surface area contributed by atoms with Crippen LogP contribution in [0.1, 0.15) is 11.1 Å². The van der Waals surface area contributed by atoms with E-state index in [1.807, 2.05) is 12.1 Å². The molecule has 0 saturated heterocycles. The molecule has 0 radical (unpaired) electrons. The summed E-state index contributed by atoms with van der Waals surface area (Å²) < 4.78 is 0. The second-order valence-electron chi connectivity index (χ2n) is 11.4. The fourth-order valence-electron chi connectivity index (χ4n) is 6.39. The molecular formula is C42H24N4. The van der Waals surface area contributed by atoms with Crippen LogP contribution in [0.15, 0.2) is 146 Å². The van der Waals surface area contributed by atoms with Crippen molar-refractivity contribution in [3.05, 3.63) is 157 Å². The maximum absolute atomic E-state index is 9.35. The largest absolute Gasteiger partial charge is 0.263 e. The Labute approximate surface area is 266 Å². The van der Waals surface area contributed by atoms with Crippen molar-refractivity contribution in [3.63, 3.8) is 0 Å².